The number of anilines is 1. The molecule has 3 rings (SSSR count). The second-order valence-corrected chi connectivity index (χ2v) is 7.08. The minimum atomic E-state index is -0.452. The van der Waals surface area contributed by atoms with Crippen LogP contribution in [-0.4, -0.2) is 17.6 Å². The molecule has 22 heavy (non-hydrogen) atoms. The van der Waals surface area contributed by atoms with E-state index in [1.807, 2.05) is 24.0 Å². The van der Waals surface area contributed by atoms with Crippen LogP contribution >= 0.6 is 27.5 Å². The van der Waals surface area contributed by atoms with Crippen molar-refractivity contribution in [2.75, 3.05) is 4.90 Å². The molecule has 2 aliphatic rings. The Bertz CT molecular complexity index is 664. The fourth-order valence-corrected chi connectivity index (χ4v) is 4.12. The molecule has 1 aliphatic heterocycles. The standard InChI is InChI=1S/C15H19BrClN5/c1-9-11(17)6-5-10(16)12(9)22-14(19)20-13(18)21-15(22)7-3-2-4-8-15/h5-6H,2-4,7-8H2,1H3,(H4,18,19,20,21). The predicted molar refractivity (Wildman–Crippen MR) is 95.4 cm³/mol. The van der Waals surface area contributed by atoms with Gasteiger partial charge < -0.3 is 11.5 Å². The number of nitrogens with two attached hydrogens (primary N) is 2. The highest BCUT2D eigenvalue weighted by molar-refractivity contribution is 9.10. The zero-order valence-electron chi connectivity index (χ0n) is 12.4. The average molecular weight is 385 g/mol. The van der Waals surface area contributed by atoms with E-state index in [0.717, 1.165) is 41.4 Å². The van der Waals surface area contributed by atoms with Gasteiger partial charge in [0, 0.05) is 9.50 Å². The van der Waals surface area contributed by atoms with E-state index in [1.54, 1.807) is 0 Å². The van der Waals surface area contributed by atoms with Gasteiger partial charge in [0.1, 0.15) is 5.66 Å². The van der Waals surface area contributed by atoms with Gasteiger partial charge in [-0.25, -0.2) is 4.99 Å². The maximum atomic E-state index is 6.32. The third kappa shape index (κ3) is 2.48. The van der Waals surface area contributed by atoms with Crippen LogP contribution < -0.4 is 16.4 Å². The van der Waals surface area contributed by atoms with Gasteiger partial charge in [0.2, 0.25) is 11.9 Å². The van der Waals surface area contributed by atoms with Crippen molar-refractivity contribution in [2.24, 2.45) is 21.5 Å². The monoisotopic (exact) mass is 383 g/mol. The molecule has 1 fully saturated rings. The van der Waals surface area contributed by atoms with E-state index < -0.39 is 5.66 Å². The first-order valence-electron chi connectivity index (χ1n) is 7.39. The first-order valence-corrected chi connectivity index (χ1v) is 8.56. The van der Waals surface area contributed by atoms with Crippen LogP contribution in [0.15, 0.2) is 26.6 Å². The Morgan fingerprint density at radius 2 is 1.91 bits per heavy atom. The topological polar surface area (TPSA) is 80.0 Å². The van der Waals surface area contributed by atoms with Gasteiger partial charge >= 0.3 is 0 Å². The summed E-state index contributed by atoms with van der Waals surface area (Å²) in [4.78, 5) is 10.9. The molecule has 0 unspecified atom stereocenters. The van der Waals surface area contributed by atoms with Gasteiger partial charge in [-0.15, -0.1) is 0 Å². The van der Waals surface area contributed by atoms with Gasteiger partial charge in [-0.05, 0) is 66.2 Å². The van der Waals surface area contributed by atoms with Crippen molar-refractivity contribution in [2.45, 2.75) is 44.7 Å². The summed E-state index contributed by atoms with van der Waals surface area (Å²) in [5.74, 6) is 0.631. The largest absolute Gasteiger partial charge is 0.369 e. The minimum absolute atomic E-state index is 0.256. The lowest BCUT2D eigenvalue weighted by molar-refractivity contribution is 0.305. The van der Waals surface area contributed by atoms with E-state index in [2.05, 4.69) is 25.9 Å². The van der Waals surface area contributed by atoms with Gasteiger partial charge in [-0.1, -0.05) is 18.0 Å². The van der Waals surface area contributed by atoms with Crippen LogP contribution in [0.2, 0.25) is 5.02 Å². The lowest BCUT2D eigenvalue weighted by Crippen LogP contribution is -2.58. The summed E-state index contributed by atoms with van der Waals surface area (Å²) >= 11 is 9.94. The van der Waals surface area contributed by atoms with Gasteiger partial charge in [0.15, 0.2) is 0 Å². The zero-order chi connectivity index (χ0) is 15.9. The van der Waals surface area contributed by atoms with Gasteiger partial charge in [0.05, 0.1) is 5.69 Å². The maximum absolute atomic E-state index is 6.32. The smallest absolute Gasteiger partial charge is 0.220 e. The molecule has 1 saturated carbocycles. The Labute approximate surface area is 143 Å². The third-order valence-corrected chi connectivity index (χ3v) is 5.44. The number of benzene rings is 1. The molecule has 5 nitrogen and oxygen atoms in total. The van der Waals surface area contributed by atoms with E-state index in [0.29, 0.717) is 11.0 Å². The van der Waals surface area contributed by atoms with E-state index in [4.69, 9.17) is 23.1 Å². The van der Waals surface area contributed by atoms with Gasteiger partial charge in [-0.2, -0.15) is 4.99 Å². The highest BCUT2D eigenvalue weighted by Crippen LogP contribution is 2.44. The van der Waals surface area contributed by atoms with Crippen LogP contribution in [0.25, 0.3) is 0 Å². The second-order valence-electron chi connectivity index (χ2n) is 5.82. The number of halogens is 2. The van der Waals surface area contributed by atoms with Crippen LogP contribution in [0.4, 0.5) is 5.69 Å². The number of rotatable bonds is 1. The quantitative estimate of drug-likeness (QED) is 0.777. The van der Waals surface area contributed by atoms with Crippen molar-refractivity contribution >= 4 is 45.1 Å². The fraction of sp³-hybridized carbons (Fsp3) is 0.467. The molecular formula is C15H19BrClN5. The lowest BCUT2D eigenvalue weighted by atomic mass is 9.87. The minimum Gasteiger partial charge on any atom is -0.369 e. The Hall–Kier alpha value is -1.27. The van der Waals surface area contributed by atoms with Crippen molar-refractivity contribution in [1.29, 1.82) is 0 Å². The molecule has 0 radical (unpaired) electrons. The molecule has 1 spiro atoms. The molecule has 0 saturated heterocycles. The molecule has 118 valence electrons. The SMILES string of the molecule is Cc1c(Cl)ccc(Br)c1N1C(N)=NC(N)=NC12CCCCC2. The number of hydrogen-bond acceptors (Lipinski definition) is 5. The van der Waals surface area contributed by atoms with Crippen molar-refractivity contribution in [3.05, 3.63) is 27.2 Å². The first-order chi connectivity index (χ1) is 10.4. The van der Waals surface area contributed by atoms with Crippen LogP contribution in [0, 0.1) is 6.92 Å². The number of aliphatic imine (C=N–C) groups is 2. The molecular weight excluding hydrogens is 366 g/mol. The van der Waals surface area contributed by atoms with Crippen molar-refractivity contribution in [3.63, 3.8) is 0 Å². The Balaban J connectivity index is 2.19. The summed E-state index contributed by atoms with van der Waals surface area (Å²) in [6.45, 7) is 1.98. The molecule has 0 aromatic heterocycles. The summed E-state index contributed by atoms with van der Waals surface area (Å²) in [6.07, 6.45) is 5.21. The summed E-state index contributed by atoms with van der Waals surface area (Å²) < 4.78 is 0.924. The normalized spacial score (nSPS) is 20.8. The van der Waals surface area contributed by atoms with Crippen molar-refractivity contribution in [3.8, 4) is 0 Å². The predicted octanol–water partition coefficient (Wildman–Crippen LogP) is 3.52. The number of hydrogen-bond donors (Lipinski definition) is 2. The van der Waals surface area contributed by atoms with E-state index >= 15 is 0 Å². The molecule has 1 heterocycles. The van der Waals surface area contributed by atoms with E-state index in [-0.39, 0.29) is 5.96 Å². The third-order valence-electron chi connectivity index (χ3n) is 4.39. The molecule has 0 atom stereocenters. The van der Waals surface area contributed by atoms with Gasteiger partial charge in [0.25, 0.3) is 0 Å². The lowest BCUT2D eigenvalue weighted by Gasteiger charge is -2.46. The molecule has 4 N–H and O–H groups in total. The Morgan fingerprint density at radius 3 is 2.59 bits per heavy atom. The van der Waals surface area contributed by atoms with E-state index in [1.165, 1.54) is 6.42 Å². The highest BCUT2D eigenvalue weighted by atomic mass is 79.9. The first kappa shape index (κ1) is 15.6. The maximum Gasteiger partial charge on any atom is 0.220 e. The molecule has 1 aromatic carbocycles. The summed E-state index contributed by atoms with van der Waals surface area (Å²) in [7, 11) is 0. The Kier molecular flexibility index (Phi) is 4.07. The molecule has 1 aliphatic carbocycles. The number of nitrogens with zero attached hydrogens (tertiary/aromatic N) is 3. The summed E-state index contributed by atoms with van der Waals surface area (Å²) in [5.41, 5.74) is 13.6. The second kappa shape index (κ2) is 5.74. The average Bonchev–Trinajstić information content (AvgIpc) is 2.47. The number of guanidine groups is 2. The summed E-state index contributed by atoms with van der Waals surface area (Å²) in [5, 5.41) is 0.694. The van der Waals surface area contributed by atoms with Crippen molar-refractivity contribution < 1.29 is 0 Å². The molecule has 7 heteroatoms. The van der Waals surface area contributed by atoms with E-state index in [9.17, 15) is 0 Å². The Morgan fingerprint density at radius 1 is 1.23 bits per heavy atom. The molecule has 1 aromatic rings. The molecule has 0 amide bonds. The van der Waals surface area contributed by atoms with Crippen LogP contribution in [0.5, 0.6) is 0 Å². The van der Waals surface area contributed by atoms with Crippen LogP contribution in [0.3, 0.4) is 0 Å². The van der Waals surface area contributed by atoms with Crippen molar-refractivity contribution in [1.82, 2.24) is 0 Å². The van der Waals surface area contributed by atoms with Gasteiger partial charge in [-0.3, -0.25) is 4.90 Å². The summed E-state index contributed by atoms with van der Waals surface area (Å²) in [6, 6.07) is 3.79. The zero-order valence-corrected chi connectivity index (χ0v) is 14.8. The molecule has 0 bridgehead atoms. The highest BCUT2D eigenvalue weighted by Gasteiger charge is 2.43. The van der Waals surface area contributed by atoms with Crippen LogP contribution in [0.1, 0.15) is 37.7 Å². The van der Waals surface area contributed by atoms with Crippen LogP contribution in [-0.2, 0) is 0 Å². The fourth-order valence-electron chi connectivity index (χ4n) is 3.36.